The number of aliphatic hydroxyl groups excluding tert-OH is 1. The Morgan fingerprint density at radius 1 is 1.50 bits per heavy atom. The molecule has 0 bridgehead atoms. The number of primary amides is 1. The number of rotatable bonds is 4. The number of aryl methyl sites for hydroxylation is 1. The third-order valence-electron chi connectivity index (χ3n) is 2.72. The number of amides is 1. The normalized spacial score (nSPS) is 10.6. The summed E-state index contributed by atoms with van der Waals surface area (Å²) in [4.78, 5) is 16.6. The zero-order valence-corrected chi connectivity index (χ0v) is 13.2. The standard InChI is InChI=1S/C14H13BrN2O2S/c1-8-5-10(15)6-11(13(16)19)12(8)20-14-9(7-18)3-2-4-17-14/h2-6,18H,7H2,1H3,(H2,16,19). The molecule has 0 saturated carbocycles. The summed E-state index contributed by atoms with van der Waals surface area (Å²) in [6.45, 7) is 1.80. The minimum absolute atomic E-state index is 0.0995. The van der Waals surface area contributed by atoms with E-state index >= 15 is 0 Å². The maximum Gasteiger partial charge on any atom is 0.249 e. The number of hydrogen-bond acceptors (Lipinski definition) is 4. The van der Waals surface area contributed by atoms with E-state index in [1.807, 2.05) is 13.0 Å². The van der Waals surface area contributed by atoms with Crippen LogP contribution in [0.1, 0.15) is 21.5 Å². The Morgan fingerprint density at radius 3 is 2.90 bits per heavy atom. The Bertz CT molecular complexity index is 662. The topological polar surface area (TPSA) is 76.2 Å². The zero-order valence-electron chi connectivity index (χ0n) is 10.8. The Labute approximate surface area is 129 Å². The molecule has 20 heavy (non-hydrogen) atoms. The Morgan fingerprint density at radius 2 is 2.25 bits per heavy atom. The van der Waals surface area contributed by atoms with Crippen molar-refractivity contribution in [2.75, 3.05) is 0 Å². The van der Waals surface area contributed by atoms with Crippen LogP contribution in [0.3, 0.4) is 0 Å². The van der Waals surface area contributed by atoms with Crippen molar-refractivity contribution in [1.82, 2.24) is 4.98 Å². The number of benzene rings is 1. The molecule has 1 amide bonds. The van der Waals surface area contributed by atoms with Crippen molar-refractivity contribution in [3.05, 3.63) is 51.6 Å². The van der Waals surface area contributed by atoms with E-state index in [4.69, 9.17) is 5.73 Å². The highest BCUT2D eigenvalue weighted by Gasteiger charge is 2.15. The van der Waals surface area contributed by atoms with Crippen LogP contribution in [0.25, 0.3) is 0 Å². The summed E-state index contributed by atoms with van der Waals surface area (Å²) in [6.07, 6.45) is 1.65. The van der Waals surface area contributed by atoms with Crippen LogP contribution in [0.5, 0.6) is 0 Å². The molecule has 2 aromatic rings. The van der Waals surface area contributed by atoms with Crippen LogP contribution in [-0.4, -0.2) is 16.0 Å². The van der Waals surface area contributed by atoms with E-state index in [2.05, 4.69) is 20.9 Å². The molecule has 0 atom stereocenters. The third-order valence-corrected chi connectivity index (χ3v) is 4.49. The van der Waals surface area contributed by atoms with Gasteiger partial charge in [0, 0.05) is 21.1 Å². The maximum atomic E-state index is 11.6. The van der Waals surface area contributed by atoms with Crippen molar-refractivity contribution in [2.24, 2.45) is 5.73 Å². The molecule has 1 aromatic carbocycles. The van der Waals surface area contributed by atoms with E-state index < -0.39 is 5.91 Å². The number of aromatic nitrogens is 1. The van der Waals surface area contributed by atoms with E-state index in [1.54, 1.807) is 24.4 Å². The Hall–Kier alpha value is -1.37. The maximum absolute atomic E-state index is 11.6. The molecule has 0 aliphatic carbocycles. The van der Waals surface area contributed by atoms with Gasteiger partial charge in [0.15, 0.2) is 0 Å². The fourth-order valence-electron chi connectivity index (χ4n) is 1.78. The van der Waals surface area contributed by atoms with Crippen molar-refractivity contribution in [2.45, 2.75) is 23.5 Å². The fourth-order valence-corrected chi connectivity index (χ4v) is 3.41. The molecular weight excluding hydrogens is 340 g/mol. The summed E-state index contributed by atoms with van der Waals surface area (Å²) in [5.41, 5.74) is 7.52. The van der Waals surface area contributed by atoms with Crippen molar-refractivity contribution in [3.63, 3.8) is 0 Å². The molecule has 0 spiro atoms. The molecule has 104 valence electrons. The fraction of sp³-hybridized carbons (Fsp3) is 0.143. The lowest BCUT2D eigenvalue weighted by Gasteiger charge is -2.12. The van der Waals surface area contributed by atoms with Crippen LogP contribution >= 0.6 is 27.7 Å². The molecule has 4 nitrogen and oxygen atoms in total. The lowest BCUT2D eigenvalue weighted by molar-refractivity contribution is 0.0997. The van der Waals surface area contributed by atoms with Gasteiger partial charge < -0.3 is 10.8 Å². The van der Waals surface area contributed by atoms with Gasteiger partial charge in [-0.2, -0.15) is 0 Å². The number of nitrogens with two attached hydrogens (primary N) is 1. The van der Waals surface area contributed by atoms with Gasteiger partial charge in [0.2, 0.25) is 5.91 Å². The summed E-state index contributed by atoms with van der Waals surface area (Å²) in [7, 11) is 0. The van der Waals surface area contributed by atoms with Crippen LogP contribution < -0.4 is 5.73 Å². The molecule has 1 heterocycles. The van der Waals surface area contributed by atoms with Crippen molar-refractivity contribution in [1.29, 1.82) is 0 Å². The molecule has 0 aliphatic rings. The van der Waals surface area contributed by atoms with E-state index in [1.165, 1.54) is 11.8 Å². The molecule has 2 rings (SSSR count). The Balaban J connectivity index is 2.50. The number of nitrogens with zero attached hydrogens (tertiary/aromatic N) is 1. The van der Waals surface area contributed by atoms with E-state index in [0.29, 0.717) is 10.6 Å². The number of carbonyl (C=O) groups is 1. The van der Waals surface area contributed by atoms with E-state index in [-0.39, 0.29) is 6.61 Å². The molecule has 0 unspecified atom stereocenters. The molecule has 6 heteroatoms. The van der Waals surface area contributed by atoms with Gasteiger partial charge in [-0.05, 0) is 30.7 Å². The highest BCUT2D eigenvalue weighted by Crippen LogP contribution is 2.35. The first-order chi connectivity index (χ1) is 9.52. The number of aliphatic hydroxyl groups is 1. The largest absolute Gasteiger partial charge is 0.392 e. The van der Waals surface area contributed by atoms with Crippen molar-refractivity contribution >= 4 is 33.6 Å². The smallest absolute Gasteiger partial charge is 0.249 e. The summed E-state index contributed by atoms with van der Waals surface area (Å²) >= 11 is 4.69. The monoisotopic (exact) mass is 352 g/mol. The SMILES string of the molecule is Cc1cc(Br)cc(C(N)=O)c1Sc1ncccc1CO. The first kappa shape index (κ1) is 15.0. The molecule has 1 aromatic heterocycles. The summed E-state index contributed by atoms with van der Waals surface area (Å²) in [6, 6.07) is 7.17. The van der Waals surface area contributed by atoms with Gasteiger partial charge in [0.1, 0.15) is 5.03 Å². The van der Waals surface area contributed by atoms with Crippen LogP contribution in [0.2, 0.25) is 0 Å². The predicted molar refractivity (Wildman–Crippen MR) is 81.7 cm³/mol. The lowest BCUT2D eigenvalue weighted by Crippen LogP contribution is -2.13. The van der Waals surface area contributed by atoms with Gasteiger partial charge in [-0.3, -0.25) is 4.79 Å². The summed E-state index contributed by atoms with van der Waals surface area (Å²) < 4.78 is 0.802. The van der Waals surface area contributed by atoms with Crippen molar-refractivity contribution < 1.29 is 9.90 Å². The molecule has 0 radical (unpaired) electrons. The summed E-state index contributed by atoms with van der Waals surface area (Å²) in [5, 5.41) is 10.0. The highest BCUT2D eigenvalue weighted by atomic mass is 79.9. The second-order valence-electron chi connectivity index (χ2n) is 4.19. The van der Waals surface area contributed by atoms with Gasteiger partial charge in [0.25, 0.3) is 0 Å². The van der Waals surface area contributed by atoms with E-state index in [0.717, 1.165) is 20.5 Å². The zero-order chi connectivity index (χ0) is 14.7. The minimum atomic E-state index is -0.488. The average molecular weight is 353 g/mol. The highest BCUT2D eigenvalue weighted by molar-refractivity contribution is 9.10. The number of halogens is 1. The second-order valence-corrected chi connectivity index (χ2v) is 6.11. The first-order valence-corrected chi connectivity index (χ1v) is 7.46. The van der Waals surface area contributed by atoms with E-state index in [9.17, 15) is 9.90 Å². The number of hydrogen-bond donors (Lipinski definition) is 2. The van der Waals surface area contributed by atoms with Gasteiger partial charge in [-0.1, -0.05) is 33.8 Å². The second kappa shape index (κ2) is 6.39. The molecular formula is C14H13BrN2O2S. The first-order valence-electron chi connectivity index (χ1n) is 5.85. The third kappa shape index (κ3) is 3.20. The summed E-state index contributed by atoms with van der Waals surface area (Å²) in [5.74, 6) is -0.488. The molecule has 0 aliphatic heterocycles. The molecule has 0 fully saturated rings. The Kier molecular flexibility index (Phi) is 4.80. The average Bonchev–Trinajstić information content (AvgIpc) is 2.41. The molecule has 0 saturated heterocycles. The van der Waals surface area contributed by atoms with Gasteiger partial charge in [0.05, 0.1) is 12.2 Å². The minimum Gasteiger partial charge on any atom is -0.392 e. The van der Waals surface area contributed by atoms with Crippen molar-refractivity contribution in [3.8, 4) is 0 Å². The van der Waals surface area contributed by atoms with Crippen LogP contribution in [0.4, 0.5) is 0 Å². The lowest BCUT2D eigenvalue weighted by atomic mass is 10.1. The molecule has 3 N–H and O–H groups in total. The van der Waals surface area contributed by atoms with Gasteiger partial charge in [-0.15, -0.1) is 0 Å². The van der Waals surface area contributed by atoms with Crippen LogP contribution in [-0.2, 0) is 6.61 Å². The quantitative estimate of drug-likeness (QED) is 0.886. The van der Waals surface area contributed by atoms with Crippen LogP contribution in [0, 0.1) is 6.92 Å². The number of carbonyl (C=O) groups excluding carboxylic acids is 1. The van der Waals surface area contributed by atoms with Gasteiger partial charge in [-0.25, -0.2) is 4.98 Å². The predicted octanol–water partition coefficient (Wildman–Crippen LogP) is 2.89. The van der Waals surface area contributed by atoms with Crippen LogP contribution in [0.15, 0.2) is 44.9 Å². The van der Waals surface area contributed by atoms with Gasteiger partial charge >= 0.3 is 0 Å². The number of pyridine rings is 1.